The van der Waals surface area contributed by atoms with Crippen LogP contribution in [-0.2, 0) is 9.59 Å². The Labute approximate surface area is 151 Å². The maximum atomic E-state index is 13.5. The average molecular weight is 371 g/mol. The van der Waals surface area contributed by atoms with E-state index in [-0.39, 0.29) is 49.2 Å². The van der Waals surface area contributed by atoms with Gasteiger partial charge in [0.15, 0.2) is 0 Å². The summed E-state index contributed by atoms with van der Waals surface area (Å²) in [6, 6.07) is 5.32. The third kappa shape index (κ3) is 3.91. The van der Waals surface area contributed by atoms with Crippen molar-refractivity contribution < 1.29 is 18.8 Å². The number of likely N-dealkylation sites (N-methyl/N-ethyl adjacent to an activating group) is 1. The molecule has 2 fully saturated rings. The van der Waals surface area contributed by atoms with Gasteiger partial charge in [0.1, 0.15) is 18.9 Å². The first kappa shape index (κ1) is 19.1. The van der Waals surface area contributed by atoms with Crippen molar-refractivity contribution in [2.75, 3.05) is 39.8 Å². The van der Waals surface area contributed by atoms with Crippen molar-refractivity contribution in [2.45, 2.75) is 6.04 Å². The molecule has 136 valence electrons. The van der Waals surface area contributed by atoms with E-state index in [0.29, 0.717) is 25.2 Å². The van der Waals surface area contributed by atoms with E-state index < -0.39 is 6.03 Å². The molecule has 7 nitrogen and oxygen atoms in total. The predicted octanol–water partition coefficient (Wildman–Crippen LogP) is 0.614. The molecule has 1 unspecified atom stereocenters. The molecule has 0 bridgehead atoms. The summed E-state index contributed by atoms with van der Waals surface area (Å²) in [6.07, 6.45) is 0. The third-order valence-corrected chi connectivity index (χ3v) is 4.32. The molecule has 9 heteroatoms. The topological polar surface area (TPSA) is 73.0 Å². The van der Waals surface area contributed by atoms with E-state index >= 15 is 0 Å². The summed E-state index contributed by atoms with van der Waals surface area (Å²) in [5, 5.41) is 3.18. The van der Waals surface area contributed by atoms with Crippen LogP contribution in [0.2, 0.25) is 0 Å². The molecule has 1 atom stereocenters. The molecule has 0 spiro atoms. The van der Waals surface area contributed by atoms with Gasteiger partial charge in [-0.1, -0.05) is 12.1 Å². The smallest absolute Gasteiger partial charge is 0.327 e. The van der Waals surface area contributed by atoms with Gasteiger partial charge in [-0.25, -0.2) is 9.18 Å². The summed E-state index contributed by atoms with van der Waals surface area (Å²) in [5.41, 5.74) is 0.687. The van der Waals surface area contributed by atoms with Crippen LogP contribution in [0.3, 0.4) is 0 Å². The van der Waals surface area contributed by atoms with Crippen LogP contribution in [0.5, 0.6) is 0 Å². The maximum absolute atomic E-state index is 13.5. The first-order chi connectivity index (χ1) is 11.5. The van der Waals surface area contributed by atoms with Gasteiger partial charge < -0.3 is 15.1 Å². The van der Waals surface area contributed by atoms with Crippen LogP contribution in [0, 0.1) is 5.82 Å². The van der Waals surface area contributed by atoms with Gasteiger partial charge in [-0.2, -0.15) is 0 Å². The van der Waals surface area contributed by atoms with Gasteiger partial charge in [0.05, 0.1) is 6.04 Å². The zero-order valence-electron chi connectivity index (χ0n) is 13.8. The van der Waals surface area contributed by atoms with Crippen molar-refractivity contribution >= 4 is 30.3 Å². The summed E-state index contributed by atoms with van der Waals surface area (Å²) in [5.74, 6) is -1.06. The summed E-state index contributed by atoms with van der Waals surface area (Å²) in [6.45, 7) is 1.25. The second kappa shape index (κ2) is 7.79. The van der Waals surface area contributed by atoms with E-state index in [1.54, 1.807) is 17.0 Å². The molecule has 0 aliphatic carbocycles. The lowest BCUT2D eigenvalue weighted by Gasteiger charge is -2.37. The molecule has 2 saturated heterocycles. The molecule has 1 aromatic carbocycles. The molecular formula is C16H20ClFN4O3. The van der Waals surface area contributed by atoms with Crippen molar-refractivity contribution in [1.82, 2.24) is 20.0 Å². The number of nitrogens with zero attached hydrogens (tertiary/aromatic N) is 3. The largest absolute Gasteiger partial charge is 0.332 e. The van der Waals surface area contributed by atoms with Gasteiger partial charge in [0, 0.05) is 26.7 Å². The van der Waals surface area contributed by atoms with Gasteiger partial charge in [0.25, 0.3) is 5.91 Å². The molecule has 2 aliphatic rings. The summed E-state index contributed by atoms with van der Waals surface area (Å²) in [4.78, 5) is 40.3. The van der Waals surface area contributed by atoms with E-state index in [1.807, 2.05) is 0 Å². The summed E-state index contributed by atoms with van der Waals surface area (Å²) in [7, 11) is 1.52. The fourth-order valence-corrected chi connectivity index (χ4v) is 3.07. The monoisotopic (exact) mass is 370 g/mol. The van der Waals surface area contributed by atoms with Crippen LogP contribution >= 0.6 is 12.4 Å². The lowest BCUT2D eigenvalue weighted by atomic mass is 10.0. The van der Waals surface area contributed by atoms with E-state index in [4.69, 9.17) is 0 Å². The van der Waals surface area contributed by atoms with E-state index in [0.717, 1.165) is 4.90 Å². The van der Waals surface area contributed by atoms with Gasteiger partial charge in [-0.3, -0.25) is 14.5 Å². The molecule has 0 saturated carbocycles. The Hall–Kier alpha value is -2.19. The predicted molar refractivity (Wildman–Crippen MR) is 90.7 cm³/mol. The minimum absolute atomic E-state index is 0. The van der Waals surface area contributed by atoms with Crippen molar-refractivity contribution in [3.8, 4) is 0 Å². The number of halogens is 2. The molecule has 1 N–H and O–H groups in total. The number of hydrogen-bond donors (Lipinski definition) is 1. The number of piperazine rings is 1. The molecule has 0 radical (unpaired) electrons. The number of benzene rings is 1. The fourth-order valence-electron chi connectivity index (χ4n) is 3.07. The summed E-state index contributed by atoms with van der Waals surface area (Å²) < 4.78 is 13.5. The lowest BCUT2D eigenvalue weighted by Crippen LogP contribution is -2.52. The van der Waals surface area contributed by atoms with Gasteiger partial charge in [0.2, 0.25) is 5.91 Å². The first-order valence-corrected chi connectivity index (χ1v) is 7.78. The van der Waals surface area contributed by atoms with Crippen molar-refractivity contribution in [3.63, 3.8) is 0 Å². The van der Waals surface area contributed by atoms with E-state index in [9.17, 15) is 18.8 Å². The number of urea groups is 1. The Balaban J connectivity index is 0.00000225. The van der Waals surface area contributed by atoms with Crippen molar-refractivity contribution in [2.24, 2.45) is 0 Å². The van der Waals surface area contributed by atoms with Crippen molar-refractivity contribution in [1.29, 1.82) is 0 Å². The summed E-state index contributed by atoms with van der Waals surface area (Å²) >= 11 is 0. The van der Waals surface area contributed by atoms with Crippen LogP contribution in [-0.4, -0.2) is 72.3 Å². The standard InChI is InChI=1S/C16H19FN4O3.ClH/c1-19-9-14(22)21(16(19)24)10-15(23)20-6-5-18-8-13(20)11-3-2-4-12(17)7-11;/h2-4,7,13,18H,5-6,8-10H2,1H3;1H. The minimum Gasteiger partial charge on any atom is -0.332 e. The quantitative estimate of drug-likeness (QED) is 0.791. The Morgan fingerprint density at radius 3 is 2.76 bits per heavy atom. The number of amides is 4. The highest BCUT2D eigenvalue weighted by Crippen LogP contribution is 2.23. The zero-order valence-corrected chi connectivity index (χ0v) is 14.6. The van der Waals surface area contributed by atoms with Gasteiger partial charge >= 0.3 is 6.03 Å². The van der Waals surface area contributed by atoms with Crippen LogP contribution in [0.1, 0.15) is 11.6 Å². The zero-order chi connectivity index (χ0) is 17.3. The number of carbonyl (C=O) groups is 3. The van der Waals surface area contributed by atoms with Gasteiger partial charge in [-0.15, -0.1) is 12.4 Å². The van der Waals surface area contributed by atoms with Crippen LogP contribution in [0.4, 0.5) is 9.18 Å². The molecular weight excluding hydrogens is 351 g/mol. The maximum Gasteiger partial charge on any atom is 0.327 e. The highest BCUT2D eigenvalue weighted by molar-refractivity contribution is 6.04. The molecule has 0 aromatic heterocycles. The van der Waals surface area contributed by atoms with Crippen molar-refractivity contribution in [3.05, 3.63) is 35.6 Å². The Morgan fingerprint density at radius 2 is 2.12 bits per heavy atom. The Kier molecular flexibility index (Phi) is 5.97. The minimum atomic E-state index is -0.467. The average Bonchev–Trinajstić information content (AvgIpc) is 2.81. The number of imide groups is 1. The number of hydrogen-bond acceptors (Lipinski definition) is 4. The number of carbonyl (C=O) groups excluding carboxylic acids is 3. The van der Waals surface area contributed by atoms with Crippen LogP contribution in [0.15, 0.2) is 24.3 Å². The number of nitrogens with one attached hydrogen (secondary N) is 1. The normalized spacial score (nSPS) is 20.7. The second-order valence-corrected chi connectivity index (χ2v) is 5.98. The first-order valence-electron chi connectivity index (χ1n) is 7.78. The SMILES string of the molecule is CN1CC(=O)N(CC(=O)N2CCNCC2c2cccc(F)c2)C1=O.Cl. The molecule has 25 heavy (non-hydrogen) atoms. The molecule has 4 amide bonds. The molecule has 2 heterocycles. The molecule has 3 rings (SSSR count). The van der Waals surface area contributed by atoms with Gasteiger partial charge in [-0.05, 0) is 17.7 Å². The lowest BCUT2D eigenvalue weighted by molar-refractivity contribution is -0.139. The Bertz CT molecular complexity index is 687. The molecule has 1 aromatic rings. The molecule has 2 aliphatic heterocycles. The second-order valence-electron chi connectivity index (χ2n) is 5.98. The van der Waals surface area contributed by atoms with Crippen LogP contribution in [0.25, 0.3) is 0 Å². The Morgan fingerprint density at radius 1 is 1.36 bits per heavy atom. The van der Waals surface area contributed by atoms with Crippen LogP contribution < -0.4 is 5.32 Å². The number of rotatable bonds is 3. The highest BCUT2D eigenvalue weighted by atomic mass is 35.5. The highest BCUT2D eigenvalue weighted by Gasteiger charge is 2.37. The van der Waals surface area contributed by atoms with E-state index in [2.05, 4.69) is 5.32 Å². The van der Waals surface area contributed by atoms with E-state index in [1.165, 1.54) is 24.1 Å². The fraction of sp³-hybridized carbons (Fsp3) is 0.438. The third-order valence-electron chi connectivity index (χ3n) is 4.32.